The van der Waals surface area contributed by atoms with E-state index in [1.165, 1.54) is 5.56 Å². The number of carbonyl (C=O) groups is 2. The molecule has 0 amide bonds. The van der Waals surface area contributed by atoms with Gasteiger partial charge < -0.3 is 10.2 Å². The Morgan fingerprint density at radius 2 is 1.84 bits per heavy atom. The lowest BCUT2D eigenvalue weighted by Gasteiger charge is -2.21. The van der Waals surface area contributed by atoms with Gasteiger partial charge in [-0.05, 0) is 26.5 Å². The lowest BCUT2D eigenvalue weighted by Crippen LogP contribution is -2.28. The minimum atomic E-state index is -1.82. The van der Waals surface area contributed by atoms with Gasteiger partial charge in [-0.3, -0.25) is 20.2 Å². The van der Waals surface area contributed by atoms with Crippen molar-refractivity contribution in [3.8, 4) is 0 Å². The molecule has 3 N–H and O–H groups in total. The average Bonchev–Trinajstić information content (AvgIpc) is 2.57. The molecule has 0 spiro atoms. The van der Waals surface area contributed by atoms with Crippen molar-refractivity contribution in [2.75, 3.05) is 20.3 Å². The van der Waals surface area contributed by atoms with E-state index in [0.717, 1.165) is 30.0 Å². The van der Waals surface area contributed by atoms with E-state index in [4.69, 9.17) is 24.6 Å². The maximum absolute atomic E-state index is 9.10. The van der Waals surface area contributed by atoms with Gasteiger partial charge in [0.2, 0.25) is 0 Å². The Morgan fingerprint density at radius 1 is 1.24 bits per heavy atom. The first-order valence-corrected chi connectivity index (χ1v) is 7.57. The Bertz CT molecular complexity index is 641. The van der Waals surface area contributed by atoms with Crippen LogP contribution < -0.4 is 5.48 Å². The molecule has 1 aliphatic heterocycles. The Morgan fingerprint density at radius 3 is 2.36 bits per heavy atom. The van der Waals surface area contributed by atoms with Gasteiger partial charge in [-0.2, -0.15) is 0 Å². The van der Waals surface area contributed by atoms with Crippen molar-refractivity contribution in [3.05, 3.63) is 46.7 Å². The van der Waals surface area contributed by atoms with Crippen LogP contribution in [0.3, 0.4) is 0 Å². The number of rotatable bonds is 4. The highest BCUT2D eigenvalue weighted by atomic mass is 16.6. The molecule has 0 saturated carbocycles. The van der Waals surface area contributed by atoms with Crippen LogP contribution in [0.2, 0.25) is 0 Å². The zero-order chi connectivity index (χ0) is 18.8. The van der Waals surface area contributed by atoms with Crippen molar-refractivity contribution < 1.29 is 24.6 Å². The number of likely N-dealkylation sites (N-methyl/N-ethyl adjacent to an activating group) is 1. The van der Waals surface area contributed by atoms with Crippen LogP contribution in [0.1, 0.15) is 18.1 Å². The van der Waals surface area contributed by atoms with Crippen molar-refractivity contribution >= 4 is 18.2 Å². The number of aliphatic carboxylic acids is 2. The SMILES string of the molecule is C/C(NOCc1ccc(C)cc1)=C1/C=NCN(C)C1.O=C(O)C(=O)O. The molecule has 25 heavy (non-hydrogen) atoms. The molecule has 2 rings (SSSR count). The summed E-state index contributed by atoms with van der Waals surface area (Å²) in [5.41, 5.74) is 7.60. The minimum Gasteiger partial charge on any atom is -0.473 e. The number of carboxylic acid groups (broad SMARTS) is 2. The molecule has 8 heteroatoms. The van der Waals surface area contributed by atoms with E-state index in [0.29, 0.717) is 6.61 Å². The number of hydrogen-bond acceptors (Lipinski definition) is 6. The highest BCUT2D eigenvalue weighted by Gasteiger charge is 2.08. The van der Waals surface area contributed by atoms with E-state index in [9.17, 15) is 0 Å². The molecule has 0 fully saturated rings. The van der Waals surface area contributed by atoms with Crippen molar-refractivity contribution in [1.29, 1.82) is 0 Å². The monoisotopic (exact) mass is 349 g/mol. The van der Waals surface area contributed by atoms with Gasteiger partial charge in [-0.1, -0.05) is 29.8 Å². The quantitative estimate of drug-likeness (QED) is 0.557. The highest BCUT2D eigenvalue weighted by Crippen LogP contribution is 2.07. The molecule has 1 aromatic rings. The summed E-state index contributed by atoms with van der Waals surface area (Å²) in [6.45, 7) is 6.31. The van der Waals surface area contributed by atoms with Crippen LogP contribution in [0.15, 0.2) is 40.5 Å². The van der Waals surface area contributed by atoms with Crippen molar-refractivity contribution in [2.24, 2.45) is 4.99 Å². The first kappa shape index (κ1) is 20.3. The summed E-state index contributed by atoms with van der Waals surface area (Å²) in [6.07, 6.45) is 1.91. The second-order valence-corrected chi connectivity index (χ2v) is 5.60. The van der Waals surface area contributed by atoms with Crippen LogP contribution in [0.4, 0.5) is 0 Å². The average molecular weight is 349 g/mol. The van der Waals surface area contributed by atoms with Crippen LogP contribution in [0.25, 0.3) is 0 Å². The number of carboxylic acids is 2. The lowest BCUT2D eigenvalue weighted by atomic mass is 10.2. The zero-order valence-electron chi connectivity index (χ0n) is 14.5. The predicted molar refractivity (Wildman–Crippen MR) is 93.1 cm³/mol. The number of benzene rings is 1. The number of nitrogens with one attached hydrogen (secondary N) is 1. The molecule has 0 aliphatic carbocycles. The van der Waals surface area contributed by atoms with E-state index in [-0.39, 0.29) is 0 Å². The van der Waals surface area contributed by atoms with Crippen LogP contribution >= 0.6 is 0 Å². The van der Waals surface area contributed by atoms with Crippen molar-refractivity contribution in [2.45, 2.75) is 20.5 Å². The third-order valence-corrected chi connectivity index (χ3v) is 3.26. The number of aryl methyl sites for hydroxylation is 1. The second-order valence-electron chi connectivity index (χ2n) is 5.60. The van der Waals surface area contributed by atoms with Gasteiger partial charge in [0.15, 0.2) is 0 Å². The molecule has 0 unspecified atom stereocenters. The molecule has 1 aromatic carbocycles. The van der Waals surface area contributed by atoms with Gasteiger partial charge in [-0.15, -0.1) is 0 Å². The fourth-order valence-corrected chi connectivity index (χ4v) is 1.86. The lowest BCUT2D eigenvalue weighted by molar-refractivity contribution is -0.159. The summed E-state index contributed by atoms with van der Waals surface area (Å²) in [7, 11) is 2.05. The minimum absolute atomic E-state index is 0.553. The molecular weight excluding hydrogens is 326 g/mol. The van der Waals surface area contributed by atoms with Gasteiger partial charge >= 0.3 is 11.9 Å². The number of hydroxylamine groups is 1. The first-order valence-electron chi connectivity index (χ1n) is 7.57. The molecule has 0 bridgehead atoms. The van der Waals surface area contributed by atoms with E-state index < -0.39 is 11.9 Å². The van der Waals surface area contributed by atoms with Crippen molar-refractivity contribution in [1.82, 2.24) is 10.4 Å². The topological polar surface area (TPSA) is 111 Å². The standard InChI is InChI=1S/C15H21N3O.C2H2O4/c1-12-4-6-14(7-5-12)10-19-17-13(2)15-8-16-11-18(3)9-15;3-1(4)2(5)6/h4-8,17H,9-11H2,1-3H3;(H,3,4)(H,5,6)/b15-13+;. The fraction of sp³-hybridized carbons (Fsp3) is 0.353. The number of nitrogens with zero attached hydrogens (tertiary/aromatic N) is 2. The molecular formula is C17H23N3O5. The van der Waals surface area contributed by atoms with E-state index >= 15 is 0 Å². The van der Waals surface area contributed by atoms with Crippen LogP contribution in [-0.2, 0) is 21.0 Å². The molecule has 0 atom stereocenters. The maximum Gasteiger partial charge on any atom is 0.414 e. The number of aliphatic imine (C=N–C) groups is 1. The Labute approximate surface area is 146 Å². The number of allylic oxidation sites excluding steroid dienone is 1. The fourth-order valence-electron chi connectivity index (χ4n) is 1.86. The van der Waals surface area contributed by atoms with Crippen LogP contribution in [-0.4, -0.2) is 53.5 Å². The molecule has 0 radical (unpaired) electrons. The van der Waals surface area contributed by atoms with Crippen LogP contribution in [0.5, 0.6) is 0 Å². The summed E-state index contributed by atoms with van der Waals surface area (Å²) in [6, 6.07) is 8.34. The molecule has 8 nitrogen and oxygen atoms in total. The predicted octanol–water partition coefficient (Wildman–Crippen LogP) is 1.42. The third kappa shape index (κ3) is 8.09. The maximum atomic E-state index is 9.10. The van der Waals surface area contributed by atoms with Gasteiger partial charge in [-0.25, -0.2) is 9.59 Å². The second kappa shape index (κ2) is 10.2. The summed E-state index contributed by atoms with van der Waals surface area (Å²) in [4.78, 5) is 30.2. The smallest absolute Gasteiger partial charge is 0.414 e. The van der Waals surface area contributed by atoms with Gasteiger partial charge in [0.25, 0.3) is 0 Å². The van der Waals surface area contributed by atoms with Crippen LogP contribution in [0, 0.1) is 6.92 Å². The Kier molecular flexibility index (Phi) is 8.31. The Hall–Kier alpha value is -2.71. The zero-order valence-corrected chi connectivity index (χ0v) is 14.5. The molecule has 1 heterocycles. The molecule has 0 aromatic heterocycles. The van der Waals surface area contributed by atoms with E-state index in [2.05, 4.69) is 53.6 Å². The summed E-state index contributed by atoms with van der Waals surface area (Å²) < 4.78 is 0. The molecule has 0 saturated heterocycles. The largest absolute Gasteiger partial charge is 0.473 e. The Balaban J connectivity index is 0.000000450. The summed E-state index contributed by atoms with van der Waals surface area (Å²) in [5.74, 6) is -3.65. The third-order valence-electron chi connectivity index (χ3n) is 3.26. The van der Waals surface area contributed by atoms with Gasteiger partial charge in [0.05, 0.1) is 13.3 Å². The van der Waals surface area contributed by atoms with E-state index in [1.54, 1.807) is 0 Å². The summed E-state index contributed by atoms with van der Waals surface area (Å²) in [5, 5.41) is 14.8. The highest BCUT2D eigenvalue weighted by molar-refractivity contribution is 6.27. The normalized spacial score (nSPS) is 15.8. The summed E-state index contributed by atoms with van der Waals surface area (Å²) >= 11 is 0. The van der Waals surface area contributed by atoms with Gasteiger partial charge in [0, 0.05) is 24.0 Å². The van der Waals surface area contributed by atoms with Gasteiger partial charge in [0.1, 0.15) is 0 Å². The van der Waals surface area contributed by atoms with E-state index in [1.807, 2.05) is 13.1 Å². The molecule has 136 valence electrons. The van der Waals surface area contributed by atoms with Crippen molar-refractivity contribution in [3.63, 3.8) is 0 Å². The molecule has 1 aliphatic rings. The number of hydrogen-bond donors (Lipinski definition) is 3. The first-order chi connectivity index (χ1) is 11.8.